The average Bonchev–Trinajstić information content (AvgIpc) is 3.34. The van der Waals surface area contributed by atoms with Gasteiger partial charge in [-0.05, 0) is 37.8 Å². The Bertz CT molecular complexity index is 666. The fourth-order valence-electron chi connectivity index (χ4n) is 2.53. The number of amides is 1. The molecule has 1 amide bonds. The van der Waals surface area contributed by atoms with Gasteiger partial charge >= 0.3 is 0 Å². The van der Waals surface area contributed by atoms with Gasteiger partial charge in [0.1, 0.15) is 5.69 Å². The molecule has 5 nitrogen and oxygen atoms in total. The summed E-state index contributed by atoms with van der Waals surface area (Å²) in [7, 11) is 0. The highest BCUT2D eigenvalue weighted by atomic mass is 16.2. The van der Waals surface area contributed by atoms with Crippen LogP contribution in [0, 0.1) is 5.92 Å². The molecule has 0 atom stereocenters. The Morgan fingerprint density at radius 3 is 2.86 bits per heavy atom. The predicted octanol–water partition coefficient (Wildman–Crippen LogP) is 2.39. The molecule has 1 aliphatic rings. The van der Waals surface area contributed by atoms with Crippen LogP contribution in [0.5, 0.6) is 0 Å². The Balaban J connectivity index is 1.96. The van der Waals surface area contributed by atoms with Crippen molar-refractivity contribution in [2.24, 2.45) is 11.8 Å². The summed E-state index contributed by atoms with van der Waals surface area (Å²) in [6.45, 7) is 3.54. The number of pyridine rings is 1. The van der Waals surface area contributed by atoms with E-state index in [0.717, 1.165) is 23.1 Å². The van der Waals surface area contributed by atoms with Crippen LogP contribution in [-0.4, -0.2) is 28.9 Å². The second-order valence-electron chi connectivity index (χ2n) is 5.50. The molecule has 0 radical (unpaired) electrons. The van der Waals surface area contributed by atoms with Gasteiger partial charge < -0.3 is 10.3 Å². The highest BCUT2D eigenvalue weighted by Gasteiger charge is 2.27. The van der Waals surface area contributed by atoms with Crippen molar-refractivity contribution in [3.8, 4) is 0 Å². The Hall–Kier alpha value is -2.14. The molecule has 1 aromatic carbocycles. The first-order chi connectivity index (χ1) is 10.2. The van der Waals surface area contributed by atoms with Gasteiger partial charge in [0.15, 0.2) is 0 Å². The van der Waals surface area contributed by atoms with Crippen LogP contribution in [0.4, 0.5) is 5.69 Å². The number of aromatic nitrogens is 1. The van der Waals surface area contributed by atoms with E-state index in [9.17, 15) is 4.79 Å². The number of hydrogen-bond donors (Lipinski definition) is 2. The third kappa shape index (κ3) is 2.83. The van der Waals surface area contributed by atoms with Gasteiger partial charge in [-0.1, -0.05) is 18.2 Å². The number of nitrogens with two attached hydrogens (primary N) is 1. The van der Waals surface area contributed by atoms with Crippen molar-refractivity contribution in [3.63, 3.8) is 0 Å². The van der Waals surface area contributed by atoms with Crippen LogP contribution in [0.25, 0.3) is 10.9 Å². The minimum absolute atomic E-state index is 0.0216. The number of carbonyl (C=O) groups is 1. The third-order valence-corrected chi connectivity index (χ3v) is 3.94. The quantitative estimate of drug-likeness (QED) is 0.653. The van der Waals surface area contributed by atoms with Gasteiger partial charge in [-0.15, -0.1) is 0 Å². The molecule has 0 spiro atoms. The number of carbonyl (C=O) groups excluding carboxylic acids is 1. The Kier molecular flexibility index (Phi) is 3.75. The van der Waals surface area contributed by atoms with Crippen LogP contribution in [-0.2, 0) is 0 Å². The molecule has 3 rings (SSSR count). The molecule has 0 unspecified atom stereocenters. The molecule has 21 heavy (non-hydrogen) atoms. The standard InChI is InChI=1S/C16H20N4O/c1-2-20(10-11-7-8-11)16(21)15-9-14(19-17)12-5-3-4-6-13(12)18-15/h3-6,9,11H,2,7-8,10,17H2,1H3,(H,18,19). The van der Waals surface area contributed by atoms with Gasteiger partial charge in [0.2, 0.25) is 0 Å². The molecule has 1 saturated carbocycles. The second-order valence-corrected chi connectivity index (χ2v) is 5.50. The van der Waals surface area contributed by atoms with Gasteiger partial charge in [0, 0.05) is 18.5 Å². The van der Waals surface area contributed by atoms with E-state index in [0.29, 0.717) is 18.2 Å². The molecule has 0 bridgehead atoms. The van der Waals surface area contributed by atoms with E-state index in [-0.39, 0.29) is 5.91 Å². The highest BCUT2D eigenvalue weighted by molar-refractivity contribution is 5.99. The van der Waals surface area contributed by atoms with Crippen molar-refractivity contribution in [3.05, 3.63) is 36.0 Å². The van der Waals surface area contributed by atoms with Crippen molar-refractivity contribution in [2.75, 3.05) is 18.5 Å². The van der Waals surface area contributed by atoms with Crippen molar-refractivity contribution in [1.82, 2.24) is 9.88 Å². The number of nitrogens with zero attached hydrogens (tertiary/aromatic N) is 2. The largest absolute Gasteiger partial charge is 0.337 e. The zero-order valence-electron chi connectivity index (χ0n) is 12.2. The first-order valence-corrected chi connectivity index (χ1v) is 7.38. The zero-order chi connectivity index (χ0) is 14.8. The molecule has 5 heteroatoms. The maximum Gasteiger partial charge on any atom is 0.272 e. The van der Waals surface area contributed by atoms with Gasteiger partial charge in [0.05, 0.1) is 11.2 Å². The summed E-state index contributed by atoms with van der Waals surface area (Å²) < 4.78 is 0. The molecule has 1 aromatic heterocycles. The van der Waals surface area contributed by atoms with Crippen molar-refractivity contribution < 1.29 is 4.79 Å². The monoisotopic (exact) mass is 284 g/mol. The summed E-state index contributed by atoms with van der Waals surface area (Å²) in [5.41, 5.74) is 4.62. The molecule has 3 N–H and O–H groups in total. The van der Waals surface area contributed by atoms with E-state index >= 15 is 0 Å². The van der Waals surface area contributed by atoms with E-state index in [1.54, 1.807) is 6.07 Å². The summed E-state index contributed by atoms with van der Waals surface area (Å²) >= 11 is 0. The summed E-state index contributed by atoms with van der Waals surface area (Å²) in [6.07, 6.45) is 2.45. The SMILES string of the molecule is CCN(CC1CC1)C(=O)c1cc(NN)c2ccccc2n1. The smallest absolute Gasteiger partial charge is 0.272 e. The minimum Gasteiger partial charge on any atom is -0.337 e. The van der Waals surface area contributed by atoms with Crippen LogP contribution in [0.1, 0.15) is 30.3 Å². The van der Waals surface area contributed by atoms with Crippen molar-refractivity contribution >= 4 is 22.5 Å². The number of hydrogen-bond acceptors (Lipinski definition) is 4. The molecule has 0 saturated heterocycles. The Morgan fingerprint density at radius 1 is 1.43 bits per heavy atom. The van der Waals surface area contributed by atoms with Crippen LogP contribution >= 0.6 is 0 Å². The molecule has 0 aliphatic heterocycles. The van der Waals surface area contributed by atoms with E-state index in [4.69, 9.17) is 5.84 Å². The average molecular weight is 284 g/mol. The van der Waals surface area contributed by atoms with Crippen LogP contribution < -0.4 is 11.3 Å². The maximum absolute atomic E-state index is 12.6. The van der Waals surface area contributed by atoms with Crippen molar-refractivity contribution in [1.29, 1.82) is 0 Å². The lowest BCUT2D eigenvalue weighted by Gasteiger charge is -2.20. The van der Waals surface area contributed by atoms with Crippen LogP contribution in [0.3, 0.4) is 0 Å². The highest BCUT2D eigenvalue weighted by Crippen LogP contribution is 2.30. The lowest BCUT2D eigenvalue weighted by Crippen LogP contribution is -2.33. The first kappa shape index (κ1) is 13.8. The van der Waals surface area contributed by atoms with E-state index in [1.165, 1.54) is 12.8 Å². The number of fused-ring (bicyclic) bond motifs is 1. The van der Waals surface area contributed by atoms with Gasteiger partial charge in [-0.25, -0.2) is 4.98 Å². The molecule has 1 aliphatic carbocycles. The fourth-order valence-corrected chi connectivity index (χ4v) is 2.53. The third-order valence-electron chi connectivity index (χ3n) is 3.94. The number of hydrazine groups is 1. The molecular weight excluding hydrogens is 264 g/mol. The topological polar surface area (TPSA) is 71.2 Å². The number of anilines is 1. The predicted molar refractivity (Wildman–Crippen MR) is 83.9 cm³/mol. The van der Waals surface area contributed by atoms with E-state index < -0.39 is 0 Å². The summed E-state index contributed by atoms with van der Waals surface area (Å²) in [5, 5.41) is 0.918. The number of nitrogens with one attached hydrogen (secondary N) is 1. The molecule has 2 aromatic rings. The molecular formula is C16H20N4O. The Morgan fingerprint density at radius 2 is 2.19 bits per heavy atom. The van der Waals surface area contributed by atoms with Gasteiger partial charge in [-0.3, -0.25) is 10.6 Å². The minimum atomic E-state index is -0.0216. The van der Waals surface area contributed by atoms with E-state index in [2.05, 4.69) is 10.4 Å². The molecule has 1 fully saturated rings. The van der Waals surface area contributed by atoms with Crippen LogP contribution in [0.15, 0.2) is 30.3 Å². The van der Waals surface area contributed by atoms with Gasteiger partial charge in [0.25, 0.3) is 5.91 Å². The number of para-hydroxylation sites is 1. The lowest BCUT2D eigenvalue weighted by molar-refractivity contribution is 0.0751. The number of rotatable bonds is 5. The normalized spacial score (nSPS) is 14.2. The fraction of sp³-hybridized carbons (Fsp3) is 0.375. The summed E-state index contributed by atoms with van der Waals surface area (Å²) in [5.74, 6) is 6.23. The van der Waals surface area contributed by atoms with E-state index in [1.807, 2.05) is 36.1 Å². The Labute approximate surface area is 124 Å². The molecule has 110 valence electrons. The second kappa shape index (κ2) is 5.69. The molecule has 1 heterocycles. The lowest BCUT2D eigenvalue weighted by atomic mass is 10.1. The van der Waals surface area contributed by atoms with Gasteiger partial charge in [-0.2, -0.15) is 0 Å². The maximum atomic E-state index is 12.6. The number of nitrogen functional groups attached to an aromatic ring is 1. The van der Waals surface area contributed by atoms with Crippen molar-refractivity contribution in [2.45, 2.75) is 19.8 Å². The zero-order valence-corrected chi connectivity index (χ0v) is 12.2. The summed E-state index contributed by atoms with van der Waals surface area (Å²) in [6, 6.07) is 9.40. The summed E-state index contributed by atoms with van der Waals surface area (Å²) in [4.78, 5) is 19.0. The van der Waals surface area contributed by atoms with Crippen LogP contribution in [0.2, 0.25) is 0 Å². The first-order valence-electron chi connectivity index (χ1n) is 7.38. The number of benzene rings is 1.